The second-order valence-electron chi connectivity index (χ2n) is 8.34. The summed E-state index contributed by atoms with van der Waals surface area (Å²) in [4.78, 5) is 1.88. The average Bonchev–Trinajstić information content (AvgIpc) is 2.96. The number of fused-ring (bicyclic) bond motifs is 3. The second-order valence-corrected chi connectivity index (χ2v) is 9.26. The van der Waals surface area contributed by atoms with Crippen molar-refractivity contribution in [2.45, 2.75) is 19.3 Å². The van der Waals surface area contributed by atoms with Crippen LogP contribution in [0.3, 0.4) is 0 Å². The van der Waals surface area contributed by atoms with Crippen LogP contribution in [0.25, 0.3) is 11.1 Å². The number of hydrogen-bond acceptors (Lipinski definition) is 1. The third kappa shape index (κ3) is 3.35. The molecule has 1 aliphatic carbocycles. The molecule has 0 heterocycles. The fourth-order valence-corrected chi connectivity index (χ4v) is 4.82. The van der Waals surface area contributed by atoms with Crippen molar-refractivity contribution in [1.82, 2.24) is 0 Å². The molecule has 0 aromatic heterocycles. The van der Waals surface area contributed by atoms with Crippen molar-refractivity contribution in [3.8, 4) is 11.1 Å². The van der Waals surface area contributed by atoms with Gasteiger partial charge in [-0.1, -0.05) is 60.1 Å². The average molecular weight is 476 g/mol. The second kappa shape index (κ2) is 7.31. The van der Waals surface area contributed by atoms with Crippen LogP contribution in [0, 0.1) is 11.6 Å². The van der Waals surface area contributed by atoms with Gasteiger partial charge in [0.1, 0.15) is 11.6 Å². The van der Waals surface area contributed by atoms with E-state index in [2.05, 4.69) is 60.1 Å². The summed E-state index contributed by atoms with van der Waals surface area (Å²) >= 11 is 3.46. The summed E-state index contributed by atoms with van der Waals surface area (Å²) in [6.07, 6.45) is 0. The number of halogens is 3. The van der Waals surface area contributed by atoms with Crippen LogP contribution in [0.5, 0.6) is 0 Å². The van der Waals surface area contributed by atoms with Crippen LogP contribution in [-0.4, -0.2) is 0 Å². The molecule has 0 amide bonds. The number of benzene rings is 4. The standard InChI is InChI=1S/C27H20BrF2N/c1-27(2)25-6-4-3-5-23(25)24-16-21(11-12-26(24)27)31(20-9-7-17(28)8-10-20)22-14-18(29)13-19(30)15-22/h3-16H,1-2H3. The molecule has 4 aromatic rings. The van der Waals surface area contributed by atoms with Crippen molar-refractivity contribution in [1.29, 1.82) is 0 Å². The largest absolute Gasteiger partial charge is 0.310 e. The molecule has 0 radical (unpaired) electrons. The smallest absolute Gasteiger partial charge is 0.128 e. The zero-order valence-corrected chi connectivity index (χ0v) is 18.8. The fourth-order valence-electron chi connectivity index (χ4n) is 4.55. The summed E-state index contributed by atoms with van der Waals surface area (Å²) in [7, 11) is 0. The van der Waals surface area contributed by atoms with E-state index in [0.717, 1.165) is 27.5 Å². The first-order valence-electron chi connectivity index (χ1n) is 10.1. The molecule has 1 nitrogen and oxygen atoms in total. The quantitative estimate of drug-likeness (QED) is 0.287. The highest BCUT2D eigenvalue weighted by atomic mass is 79.9. The number of anilines is 3. The lowest BCUT2D eigenvalue weighted by molar-refractivity contribution is 0.584. The highest BCUT2D eigenvalue weighted by molar-refractivity contribution is 9.10. The van der Waals surface area contributed by atoms with E-state index >= 15 is 0 Å². The van der Waals surface area contributed by atoms with Gasteiger partial charge in [0.05, 0.1) is 5.69 Å². The monoisotopic (exact) mass is 475 g/mol. The number of rotatable bonds is 3. The highest BCUT2D eigenvalue weighted by Gasteiger charge is 2.35. The topological polar surface area (TPSA) is 3.24 Å². The highest BCUT2D eigenvalue weighted by Crippen LogP contribution is 2.50. The number of nitrogens with zero attached hydrogens (tertiary/aromatic N) is 1. The molecule has 5 rings (SSSR count). The van der Waals surface area contributed by atoms with Crippen LogP contribution >= 0.6 is 15.9 Å². The van der Waals surface area contributed by atoms with Gasteiger partial charge in [0, 0.05) is 27.3 Å². The summed E-state index contributed by atoms with van der Waals surface area (Å²) in [6, 6.07) is 26.0. The Bertz CT molecular complexity index is 1270. The molecular formula is C27H20BrF2N. The van der Waals surface area contributed by atoms with E-state index in [-0.39, 0.29) is 5.41 Å². The van der Waals surface area contributed by atoms with Crippen molar-refractivity contribution in [3.63, 3.8) is 0 Å². The molecule has 1 aliphatic rings. The maximum absolute atomic E-state index is 14.1. The summed E-state index contributed by atoms with van der Waals surface area (Å²) in [5.74, 6) is -1.21. The summed E-state index contributed by atoms with van der Waals surface area (Å²) in [5.41, 5.74) is 6.88. The van der Waals surface area contributed by atoms with Gasteiger partial charge in [-0.15, -0.1) is 0 Å². The Morgan fingerprint density at radius 1 is 0.645 bits per heavy atom. The first kappa shape index (κ1) is 20.0. The predicted octanol–water partition coefficient (Wildman–Crippen LogP) is 8.50. The van der Waals surface area contributed by atoms with Crippen molar-refractivity contribution in [2.75, 3.05) is 4.90 Å². The molecule has 0 atom stereocenters. The lowest BCUT2D eigenvalue weighted by Gasteiger charge is -2.27. The minimum absolute atomic E-state index is 0.0993. The van der Waals surface area contributed by atoms with E-state index in [1.165, 1.54) is 28.8 Å². The Hall–Kier alpha value is -2.98. The molecular weight excluding hydrogens is 456 g/mol. The molecule has 0 saturated heterocycles. The van der Waals surface area contributed by atoms with Crippen molar-refractivity contribution in [2.24, 2.45) is 0 Å². The fraction of sp³-hybridized carbons (Fsp3) is 0.111. The third-order valence-corrected chi connectivity index (χ3v) is 6.54. The molecule has 0 fully saturated rings. The molecule has 0 N–H and O–H groups in total. The molecule has 4 aromatic carbocycles. The Morgan fingerprint density at radius 3 is 1.97 bits per heavy atom. The van der Waals surface area contributed by atoms with Gasteiger partial charge in [0.2, 0.25) is 0 Å². The molecule has 0 spiro atoms. The van der Waals surface area contributed by atoms with Gasteiger partial charge >= 0.3 is 0 Å². The zero-order valence-electron chi connectivity index (χ0n) is 17.2. The lowest BCUT2D eigenvalue weighted by atomic mass is 9.82. The Labute approximate surface area is 189 Å². The summed E-state index contributed by atoms with van der Waals surface area (Å²) in [6.45, 7) is 4.46. The Morgan fingerprint density at radius 2 is 1.26 bits per heavy atom. The first-order chi connectivity index (χ1) is 14.8. The van der Waals surface area contributed by atoms with E-state index in [1.807, 2.05) is 41.3 Å². The zero-order chi connectivity index (χ0) is 21.8. The molecule has 31 heavy (non-hydrogen) atoms. The molecule has 154 valence electrons. The maximum Gasteiger partial charge on any atom is 0.128 e. The van der Waals surface area contributed by atoms with Gasteiger partial charge in [-0.25, -0.2) is 8.78 Å². The molecule has 0 aliphatic heterocycles. The molecule has 0 bridgehead atoms. The van der Waals surface area contributed by atoms with Gasteiger partial charge in [0.15, 0.2) is 0 Å². The molecule has 4 heteroatoms. The minimum atomic E-state index is -0.607. The van der Waals surface area contributed by atoms with Gasteiger partial charge in [-0.3, -0.25) is 0 Å². The van der Waals surface area contributed by atoms with Gasteiger partial charge in [-0.2, -0.15) is 0 Å². The van der Waals surface area contributed by atoms with Crippen LogP contribution in [0.2, 0.25) is 0 Å². The van der Waals surface area contributed by atoms with E-state index in [9.17, 15) is 8.78 Å². The van der Waals surface area contributed by atoms with Crippen LogP contribution in [-0.2, 0) is 5.41 Å². The van der Waals surface area contributed by atoms with E-state index in [1.54, 1.807) is 0 Å². The maximum atomic E-state index is 14.1. The number of hydrogen-bond donors (Lipinski definition) is 0. The van der Waals surface area contributed by atoms with Crippen LogP contribution < -0.4 is 4.90 Å². The normalized spacial score (nSPS) is 13.6. The Kier molecular flexibility index (Phi) is 4.71. The third-order valence-electron chi connectivity index (χ3n) is 6.02. The van der Waals surface area contributed by atoms with Gasteiger partial charge < -0.3 is 4.90 Å². The van der Waals surface area contributed by atoms with Gasteiger partial charge in [0.25, 0.3) is 0 Å². The SMILES string of the molecule is CC1(C)c2ccccc2-c2cc(N(c3ccc(Br)cc3)c3cc(F)cc(F)c3)ccc21. The van der Waals surface area contributed by atoms with E-state index in [4.69, 9.17) is 0 Å². The van der Waals surface area contributed by atoms with Crippen LogP contribution in [0.4, 0.5) is 25.8 Å². The summed E-state index contributed by atoms with van der Waals surface area (Å²) < 4.78 is 29.2. The van der Waals surface area contributed by atoms with Crippen LogP contribution in [0.15, 0.2) is 89.4 Å². The van der Waals surface area contributed by atoms with Crippen molar-refractivity contribution >= 4 is 33.0 Å². The molecule has 0 saturated carbocycles. The van der Waals surface area contributed by atoms with Crippen molar-refractivity contribution in [3.05, 3.63) is 112 Å². The first-order valence-corrected chi connectivity index (χ1v) is 10.9. The Balaban J connectivity index is 1.73. The minimum Gasteiger partial charge on any atom is -0.310 e. The molecule has 0 unspecified atom stereocenters. The van der Waals surface area contributed by atoms with Crippen molar-refractivity contribution < 1.29 is 8.78 Å². The van der Waals surface area contributed by atoms with Gasteiger partial charge in [-0.05, 0) is 70.8 Å². The van der Waals surface area contributed by atoms with E-state index in [0.29, 0.717) is 5.69 Å². The van der Waals surface area contributed by atoms with Crippen LogP contribution in [0.1, 0.15) is 25.0 Å². The summed E-state index contributed by atoms with van der Waals surface area (Å²) in [5, 5.41) is 0. The lowest BCUT2D eigenvalue weighted by Crippen LogP contribution is -2.15. The van der Waals surface area contributed by atoms with E-state index < -0.39 is 11.6 Å². The predicted molar refractivity (Wildman–Crippen MR) is 126 cm³/mol.